The minimum atomic E-state index is -0.573. The molecule has 2 heteroatoms. The molecule has 0 aliphatic heterocycles. The molecule has 1 aliphatic carbocycles. The van der Waals surface area contributed by atoms with E-state index >= 15 is 0 Å². The molecule has 0 bridgehead atoms. The Kier molecular flexibility index (Phi) is 4.01. The zero-order valence-corrected chi connectivity index (χ0v) is 12.9. The van der Waals surface area contributed by atoms with E-state index in [0.29, 0.717) is 5.92 Å². The van der Waals surface area contributed by atoms with E-state index in [-0.39, 0.29) is 0 Å². The lowest BCUT2D eigenvalue weighted by Gasteiger charge is -2.42. The van der Waals surface area contributed by atoms with Crippen molar-refractivity contribution in [2.75, 3.05) is 7.11 Å². The zero-order chi connectivity index (χ0) is 14.9. The Hall–Kier alpha value is -1.38. The maximum absolute atomic E-state index is 11.1. The molecule has 21 heavy (non-hydrogen) atoms. The molecule has 0 aromatic heterocycles. The molecule has 1 saturated carbocycles. The highest BCUT2D eigenvalue weighted by atomic mass is 16.5. The lowest BCUT2D eigenvalue weighted by atomic mass is 9.73. The Balaban J connectivity index is 2.04. The molecule has 0 heterocycles. The summed E-state index contributed by atoms with van der Waals surface area (Å²) in [6, 6.07) is 14.4. The number of benzene rings is 2. The molecule has 3 unspecified atom stereocenters. The molecular weight excluding hydrogens is 260 g/mol. The molecular formula is C19H24O2. The van der Waals surface area contributed by atoms with Crippen LogP contribution in [-0.4, -0.2) is 17.8 Å². The monoisotopic (exact) mass is 284 g/mol. The fourth-order valence-electron chi connectivity index (χ4n) is 3.86. The summed E-state index contributed by atoms with van der Waals surface area (Å²) in [7, 11) is 1.74. The molecule has 2 aromatic rings. The molecule has 2 nitrogen and oxygen atoms in total. The van der Waals surface area contributed by atoms with Gasteiger partial charge in [0.15, 0.2) is 0 Å². The van der Waals surface area contributed by atoms with Gasteiger partial charge in [0.25, 0.3) is 0 Å². The van der Waals surface area contributed by atoms with Crippen LogP contribution in [-0.2, 0) is 4.74 Å². The minimum Gasteiger partial charge on any atom is -0.385 e. The van der Waals surface area contributed by atoms with Crippen LogP contribution in [0.1, 0.15) is 44.3 Å². The van der Waals surface area contributed by atoms with Gasteiger partial charge in [-0.25, -0.2) is 0 Å². The molecule has 0 radical (unpaired) electrons. The maximum atomic E-state index is 11.1. The molecule has 3 atom stereocenters. The normalized spacial score (nSPS) is 27.7. The first-order chi connectivity index (χ1) is 10.2. The predicted molar refractivity (Wildman–Crippen MR) is 86.3 cm³/mol. The Bertz CT molecular complexity index is 616. The molecule has 112 valence electrons. The van der Waals surface area contributed by atoms with Crippen molar-refractivity contribution in [1.29, 1.82) is 0 Å². The standard InChI is InChI=1S/C19H24O2/c1-14-7-6-12-19(13-14,21-2)18(20)17-11-5-9-15-8-3-4-10-16(15)17/h3-5,8-11,14,18,20H,6-7,12-13H2,1-2H3. The van der Waals surface area contributed by atoms with Gasteiger partial charge in [-0.05, 0) is 35.1 Å². The number of aliphatic hydroxyl groups excluding tert-OH is 1. The summed E-state index contributed by atoms with van der Waals surface area (Å²) in [5.74, 6) is 0.600. The van der Waals surface area contributed by atoms with Crippen LogP contribution in [0.2, 0.25) is 0 Å². The highest BCUT2D eigenvalue weighted by molar-refractivity contribution is 5.86. The number of rotatable bonds is 3. The van der Waals surface area contributed by atoms with Gasteiger partial charge in [-0.2, -0.15) is 0 Å². The van der Waals surface area contributed by atoms with Crippen molar-refractivity contribution in [2.45, 2.75) is 44.3 Å². The summed E-state index contributed by atoms with van der Waals surface area (Å²) >= 11 is 0. The third-order valence-electron chi connectivity index (χ3n) is 5.01. The van der Waals surface area contributed by atoms with Crippen molar-refractivity contribution in [3.63, 3.8) is 0 Å². The Morgan fingerprint density at radius 3 is 2.71 bits per heavy atom. The summed E-state index contributed by atoms with van der Waals surface area (Å²) in [5, 5.41) is 13.4. The van der Waals surface area contributed by atoms with Crippen LogP contribution in [0.25, 0.3) is 10.8 Å². The summed E-state index contributed by atoms with van der Waals surface area (Å²) in [6.07, 6.45) is 3.63. The predicted octanol–water partition coefficient (Wildman–Crippen LogP) is 4.47. The largest absolute Gasteiger partial charge is 0.385 e. The van der Waals surface area contributed by atoms with E-state index in [9.17, 15) is 5.11 Å². The van der Waals surface area contributed by atoms with Gasteiger partial charge < -0.3 is 9.84 Å². The fourth-order valence-corrected chi connectivity index (χ4v) is 3.86. The van der Waals surface area contributed by atoms with Gasteiger partial charge in [-0.1, -0.05) is 62.2 Å². The lowest BCUT2D eigenvalue weighted by molar-refractivity contribution is -0.133. The van der Waals surface area contributed by atoms with Crippen molar-refractivity contribution >= 4 is 10.8 Å². The van der Waals surface area contributed by atoms with Crippen molar-refractivity contribution in [1.82, 2.24) is 0 Å². The number of aliphatic hydroxyl groups is 1. The Morgan fingerprint density at radius 1 is 1.19 bits per heavy atom. The van der Waals surface area contributed by atoms with Crippen LogP contribution in [0.4, 0.5) is 0 Å². The molecule has 0 saturated heterocycles. The number of hydrogen-bond acceptors (Lipinski definition) is 2. The van der Waals surface area contributed by atoms with Crippen molar-refractivity contribution in [3.8, 4) is 0 Å². The van der Waals surface area contributed by atoms with E-state index < -0.39 is 11.7 Å². The second kappa shape index (κ2) is 5.78. The van der Waals surface area contributed by atoms with Crippen molar-refractivity contribution in [2.24, 2.45) is 5.92 Å². The van der Waals surface area contributed by atoms with E-state index in [1.165, 1.54) is 11.8 Å². The molecule has 3 rings (SSSR count). The van der Waals surface area contributed by atoms with Crippen LogP contribution in [0.3, 0.4) is 0 Å². The van der Waals surface area contributed by atoms with Gasteiger partial charge >= 0.3 is 0 Å². The highest BCUT2D eigenvalue weighted by Gasteiger charge is 2.42. The maximum Gasteiger partial charge on any atom is 0.109 e. The van der Waals surface area contributed by atoms with E-state index in [0.717, 1.165) is 30.2 Å². The van der Waals surface area contributed by atoms with Crippen LogP contribution in [0.5, 0.6) is 0 Å². The molecule has 2 aromatic carbocycles. The second-order valence-corrected chi connectivity index (χ2v) is 6.44. The number of hydrogen-bond donors (Lipinski definition) is 1. The first-order valence-electron chi connectivity index (χ1n) is 7.87. The van der Waals surface area contributed by atoms with Gasteiger partial charge in [-0.15, -0.1) is 0 Å². The third-order valence-corrected chi connectivity index (χ3v) is 5.01. The average Bonchev–Trinajstić information content (AvgIpc) is 2.53. The summed E-state index contributed by atoms with van der Waals surface area (Å²) in [4.78, 5) is 0. The van der Waals surface area contributed by atoms with Crippen LogP contribution >= 0.6 is 0 Å². The van der Waals surface area contributed by atoms with Crippen LogP contribution < -0.4 is 0 Å². The second-order valence-electron chi connectivity index (χ2n) is 6.44. The molecule has 0 amide bonds. The number of fused-ring (bicyclic) bond motifs is 1. The van der Waals surface area contributed by atoms with E-state index in [4.69, 9.17) is 4.74 Å². The van der Waals surface area contributed by atoms with Crippen molar-refractivity contribution < 1.29 is 9.84 Å². The van der Waals surface area contributed by atoms with E-state index in [2.05, 4.69) is 25.1 Å². The topological polar surface area (TPSA) is 29.5 Å². The van der Waals surface area contributed by atoms with E-state index in [1.54, 1.807) is 7.11 Å². The molecule has 1 N–H and O–H groups in total. The van der Waals surface area contributed by atoms with Gasteiger partial charge in [0, 0.05) is 7.11 Å². The zero-order valence-electron chi connectivity index (χ0n) is 12.9. The lowest BCUT2D eigenvalue weighted by Crippen LogP contribution is -2.42. The third kappa shape index (κ3) is 2.58. The van der Waals surface area contributed by atoms with Crippen LogP contribution in [0.15, 0.2) is 42.5 Å². The van der Waals surface area contributed by atoms with Crippen LogP contribution in [0, 0.1) is 5.92 Å². The van der Waals surface area contributed by atoms with Gasteiger partial charge in [0.05, 0.1) is 5.60 Å². The Labute approximate surface area is 126 Å². The molecule has 0 spiro atoms. The fraction of sp³-hybridized carbons (Fsp3) is 0.474. The highest BCUT2D eigenvalue weighted by Crippen LogP contribution is 2.44. The Morgan fingerprint density at radius 2 is 1.95 bits per heavy atom. The quantitative estimate of drug-likeness (QED) is 0.901. The first kappa shape index (κ1) is 14.6. The SMILES string of the molecule is COC1(C(O)c2cccc3ccccc23)CCCC(C)C1. The summed E-state index contributed by atoms with van der Waals surface area (Å²) in [6.45, 7) is 2.25. The summed E-state index contributed by atoms with van der Waals surface area (Å²) in [5.41, 5.74) is 0.547. The molecule has 1 fully saturated rings. The molecule has 1 aliphatic rings. The first-order valence-corrected chi connectivity index (χ1v) is 7.87. The summed E-state index contributed by atoms with van der Waals surface area (Å²) < 4.78 is 5.86. The van der Waals surface area contributed by atoms with Gasteiger partial charge in [0.1, 0.15) is 6.10 Å². The minimum absolute atomic E-state index is 0.443. The van der Waals surface area contributed by atoms with Crippen molar-refractivity contribution in [3.05, 3.63) is 48.0 Å². The smallest absolute Gasteiger partial charge is 0.109 e. The van der Waals surface area contributed by atoms with Gasteiger partial charge in [0.2, 0.25) is 0 Å². The number of methoxy groups -OCH3 is 1. The number of ether oxygens (including phenoxy) is 1. The van der Waals surface area contributed by atoms with Gasteiger partial charge in [-0.3, -0.25) is 0 Å². The van der Waals surface area contributed by atoms with E-state index in [1.807, 2.05) is 24.3 Å². The average molecular weight is 284 g/mol.